The minimum absolute atomic E-state index is 0.120. The SMILES string of the molecule is C=CC(=O)N(CC(=O)OC)c1ccccc1. The molecule has 0 fully saturated rings. The number of hydrogen-bond acceptors (Lipinski definition) is 3. The number of rotatable bonds is 4. The fourth-order valence-electron chi connectivity index (χ4n) is 1.21. The summed E-state index contributed by atoms with van der Waals surface area (Å²) >= 11 is 0. The van der Waals surface area contributed by atoms with Crippen molar-refractivity contribution in [2.75, 3.05) is 18.6 Å². The molecule has 0 aromatic heterocycles. The molecule has 1 rings (SSSR count). The van der Waals surface area contributed by atoms with Crippen LogP contribution in [0.5, 0.6) is 0 Å². The van der Waals surface area contributed by atoms with Crippen molar-refractivity contribution < 1.29 is 14.3 Å². The molecule has 16 heavy (non-hydrogen) atoms. The Bertz CT molecular complexity index is 387. The van der Waals surface area contributed by atoms with Gasteiger partial charge in [-0.15, -0.1) is 0 Å². The van der Waals surface area contributed by atoms with Gasteiger partial charge < -0.3 is 4.74 Å². The standard InChI is InChI=1S/C12H13NO3/c1-3-11(14)13(9-12(15)16-2)10-7-5-4-6-8-10/h3-8H,1,9H2,2H3. The highest BCUT2D eigenvalue weighted by atomic mass is 16.5. The molecule has 0 unspecified atom stereocenters. The van der Waals surface area contributed by atoms with Crippen molar-refractivity contribution in [3.63, 3.8) is 0 Å². The number of para-hydroxylation sites is 1. The number of hydrogen-bond donors (Lipinski definition) is 0. The largest absolute Gasteiger partial charge is 0.468 e. The summed E-state index contributed by atoms with van der Waals surface area (Å²) < 4.78 is 4.53. The van der Waals surface area contributed by atoms with E-state index in [0.29, 0.717) is 5.69 Å². The zero-order valence-corrected chi connectivity index (χ0v) is 9.05. The molecule has 0 spiro atoms. The maximum Gasteiger partial charge on any atom is 0.325 e. The van der Waals surface area contributed by atoms with Gasteiger partial charge in [0.1, 0.15) is 6.54 Å². The minimum Gasteiger partial charge on any atom is -0.468 e. The lowest BCUT2D eigenvalue weighted by Gasteiger charge is -2.19. The van der Waals surface area contributed by atoms with Gasteiger partial charge in [0, 0.05) is 5.69 Å². The van der Waals surface area contributed by atoms with Crippen molar-refractivity contribution in [1.29, 1.82) is 0 Å². The Morgan fingerprint density at radius 1 is 1.38 bits per heavy atom. The quantitative estimate of drug-likeness (QED) is 0.567. The highest BCUT2D eigenvalue weighted by Crippen LogP contribution is 2.13. The summed E-state index contributed by atoms with van der Waals surface area (Å²) in [5, 5.41) is 0. The predicted molar refractivity (Wildman–Crippen MR) is 61.0 cm³/mol. The number of ether oxygens (including phenoxy) is 1. The second-order valence-corrected chi connectivity index (χ2v) is 3.04. The molecule has 4 nitrogen and oxygen atoms in total. The van der Waals surface area contributed by atoms with Gasteiger partial charge in [-0.1, -0.05) is 24.8 Å². The van der Waals surface area contributed by atoms with Gasteiger partial charge >= 0.3 is 5.97 Å². The van der Waals surface area contributed by atoms with Gasteiger partial charge in [0.25, 0.3) is 5.91 Å². The first-order chi connectivity index (χ1) is 7.69. The van der Waals surface area contributed by atoms with Crippen LogP contribution in [0, 0.1) is 0 Å². The van der Waals surface area contributed by atoms with Gasteiger partial charge in [-0.05, 0) is 18.2 Å². The number of carbonyl (C=O) groups excluding carboxylic acids is 2. The molecular weight excluding hydrogens is 206 g/mol. The second kappa shape index (κ2) is 5.70. The van der Waals surface area contributed by atoms with Gasteiger partial charge in [-0.3, -0.25) is 14.5 Å². The number of amides is 1. The monoisotopic (exact) mass is 219 g/mol. The Hall–Kier alpha value is -2.10. The normalized spacial score (nSPS) is 9.31. The van der Waals surface area contributed by atoms with Crippen molar-refractivity contribution in [1.82, 2.24) is 0 Å². The van der Waals surface area contributed by atoms with Crippen LogP contribution in [-0.2, 0) is 14.3 Å². The number of esters is 1. The molecule has 0 aliphatic heterocycles. The summed E-state index contributed by atoms with van der Waals surface area (Å²) in [5.41, 5.74) is 0.637. The maximum atomic E-state index is 11.6. The molecular formula is C12H13NO3. The fraction of sp³-hybridized carbons (Fsp3) is 0.167. The summed E-state index contributed by atoms with van der Waals surface area (Å²) in [7, 11) is 1.28. The Labute approximate surface area is 94.1 Å². The third kappa shape index (κ3) is 2.95. The summed E-state index contributed by atoms with van der Waals surface area (Å²) in [5.74, 6) is -0.810. The van der Waals surface area contributed by atoms with Gasteiger partial charge in [0.2, 0.25) is 0 Å². The summed E-state index contributed by atoms with van der Waals surface area (Å²) in [6.45, 7) is 3.28. The van der Waals surface area contributed by atoms with Crippen molar-refractivity contribution in [3.8, 4) is 0 Å². The van der Waals surface area contributed by atoms with E-state index < -0.39 is 5.97 Å². The summed E-state index contributed by atoms with van der Waals surface area (Å²) in [4.78, 5) is 24.0. The number of benzene rings is 1. The van der Waals surface area contributed by atoms with Crippen LogP contribution >= 0.6 is 0 Å². The van der Waals surface area contributed by atoms with Crippen LogP contribution < -0.4 is 4.90 Å². The zero-order valence-electron chi connectivity index (χ0n) is 9.05. The number of anilines is 1. The number of methoxy groups -OCH3 is 1. The molecule has 0 saturated heterocycles. The predicted octanol–water partition coefficient (Wildman–Crippen LogP) is 1.38. The molecule has 0 N–H and O–H groups in total. The van der Waals surface area contributed by atoms with Crippen LogP contribution in [0.3, 0.4) is 0 Å². The lowest BCUT2D eigenvalue weighted by molar-refractivity contribution is -0.139. The molecule has 0 aliphatic carbocycles. The molecule has 0 atom stereocenters. The molecule has 1 aromatic rings. The van der Waals surface area contributed by atoms with E-state index in [0.717, 1.165) is 6.08 Å². The topological polar surface area (TPSA) is 46.6 Å². The third-order valence-corrected chi connectivity index (χ3v) is 2.02. The highest BCUT2D eigenvalue weighted by Gasteiger charge is 2.16. The Morgan fingerprint density at radius 2 is 2.00 bits per heavy atom. The van der Waals surface area contributed by atoms with E-state index in [1.54, 1.807) is 24.3 Å². The second-order valence-electron chi connectivity index (χ2n) is 3.04. The molecule has 0 bridgehead atoms. The molecule has 1 aromatic carbocycles. The van der Waals surface area contributed by atoms with Crippen molar-refractivity contribution >= 4 is 17.6 Å². The number of carbonyl (C=O) groups is 2. The third-order valence-electron chi connectivity index (χ3n) is 2.02. The van der Waals surface area contributed by atoms with Gasteiger partial charge in [0.05, 0.1) is 7.11 Å². The van der Waals surface area contributed by atoms with E-state index in [1.165, 1.54) is 12.0 Å². The molecule has 84 valence electrons. The first-order valence-electron chi connectivity index (χ1n) is 4.75. The van der Waals surface area contributed by atoms with Crippen LogP contribution in [0.1, 0.15) is 0 Å². The van der Waals surface area contributed by atoms with Crippen LogP contribution in [0.2, 0.25) is 0 Å². The zero-order chi connectivity index (χ0) is 12.0. The summed E-state index contributed by atoms with van der Waals surface area (Å²) in [6, 6.07) is 8.89. The lowest BCUT2D eigenvalue weighted by Crippen LogP contribution is -2.34. The Morgan fingerprint density at radius 3 is 2.50 bits per heavy atom. The van der Waals surface area contributed by atoms with Crippen LogP contribution in [0.4, 0.5) is 5.69 Å². The number of nitrogens with zero attached hydrogens (tertiary/aromatic N) is 1. The lowest BCUT2D eigenvalue weighted by atomic mass is 10.3. The van der Waals surface area contributed by atoms with E-state index in [9.17, 15) is 9.59 Å². The van der Waals surface area contributed by atoms with Crippen LogP contribution in [0.25, 0.3) is 0 Å². The Kier molecular flexibility index (Phi) is 4.27. The molecule has 4 heteroatoms. The van der Waals surface area contributed by atoms with Crippen molar-refractivity contribution in [3.05, 3.63) is 43.0 Å². The van der Waals surface area contributed by atoms with Crippen molar-refractivity contribution in [2.24, 2.45) is 0 Å². The van der Waals surface area contributed by atoms with E-state index >= 15 is 0 Å². The molecule has 0 radical (unpaired) electrons. The van der Waals surface area contributed by atoms with E-state index in [4.69, 9.17) is 0 Å². The smallest absolute Gasteiger partial charge is 0.325 e. The molecule has 0 heterocycles. The van der Waals surface area contributed by atoms with E-state index in [1.807, 2.05) is 6.07 Å². The van der Waals surface area contributed by atoms with Crippen LogP contribution in [0.15, 0.2) is 43.0 Å². The molecule has 0 aliphatic rings. The average Bonchev–Trinajstić information content (AvgIpc) is 2.35. The molecule has 1 amide bonds. The van der Waals surface area contributed by atoms with Gasteiger partial charge in [-0.25, -0.2) is 0 Å². The first-order valence-corrected chi connectivity index (χ1v) is 4.75. The first kappa shape index (κ1) is 12.0. The van der Waals surface area contributed by atoms with Gasteiger partial charge in [-0.2, -0.15) is 0 Å². The fourth-order valence-corrected chi connectivity index (χ4v) is 1.21. The summed E-state index contributed by atoms with van der Waals surface area (Å²) in [6.07, 6.45) is 1.16. The van der Waals surface area contributed by atoms with E-state index in [2.05, 4.69) is 11.3 Å². The molecule has 0 saturated carbocycles. The minimum atomic E-state index is -0.473. The highest BCUT2D eigenvalue weighted by molar-refractivity contribution is 6.03. The maximum absolute atomic E-state index is 11.6. The van der Waals surface area contributed by atoms with Gasteiger partial charge in [0.15, 0.2) is 0 Å². The van der Waals surface area contributed by atoms with E-state index in [-0.39, 0.29) is 12.5 Å². The van der Waals surface area contributed by atoms with Crippen molar-refractivity contribution in [2.45, 2.75) is 0 Å². The Balaban J connectivity index is 2.92. The van der Waals surface area contributed by atoms with Crippen LogP contribution in [-0.4, -0.2) is 25.5 Å². The average molecular weight is 219 g/mol.